The Morgan fingerprint density at radius 1 is 1.00 bits per heavy atom. The normalized spacial score (nSPS) is 26.8. The standard InChI is InChI=1S/C21H29O.C7H6F9O.W/c1-3-13-22-16-7-9-17-15(14-16)6-8-19-18(17)10-12-21(2)11-4-5-20(19)21;1-2-3-17-4(5(8,9)10,6(11,12)13)7(14,15)16;/h7,9,11,14,18-20H,3-6,8,10,12-13H2,1-2H3;1-3H2;/q2*-1;+2/i1D;;. The molecule has 4 rings (SSSR count). The van der Waals surface area contributed by atoms with Crippen LogP contribution in [-0.2, 0) is 32.2 Å². The summed E-state index contributed by atoms with van der Waals surface area (Å²) in [6.45, 7) is 5.01. The molecule has 0 spiro atoms. The van der Waals surface area contributed by atoms with Crippen LogP contribution in [0.5, 0.6) is 5.75 Å². The monoisotopic (exact) mass is 759 g/mol. The Kier molecular flexibility index (Phi) is 11.0. The van der Waals surface area contributed by atoms with Gasteiger partial charge in [-0.15, -0.1) is 0 Å². The first-order chi connectivity index (χ1) is 18.5. The Balaban J connectivity index is 0.000000296. The molecule has 1 aromatic rings. The van der Waals surface area contributed by atoms with Crippen LogP contribution in [0, 0.1) is 30.6 Å². The number of aryl methyl sites for hydroxylation is 1. The van der Waals surface area contributed by atoms with Crippen molar-refractivity contribution in [3.05, 3.63) is 42.7 Å². The fraction of sp³-hybridized carbons (Fsp3) is 0.714. The molecule has 3 aliphatic carbocycles. The number of halogens is 9. The molecule has 0 amide bonds. The number of benzene rings is 1. The molecule has 228 valence electrons. The minimum absolute atomic E-state index is 0. The largest absolute Gasteiger partial charge is 2.00 e. The third-order valence-corrected chi connectivity index (χ3v) is 8.30. The molecule has 0 heterocycles. The molecule has 0 aliphatic heterocycles. The molecular formula is C28H35F9O2W. The quantitative estimate of drug-likeness (QED) is 0.164. The summed E-state index contributed by atoms with van der Waals surface area (Å²) in [4.78, 5) is 0. The van der Waals surface area contributed by atoms with Gasteiger partial charge in [-0.25, -0.2) is 0 Å². The van der Waals surface area contributed by atoms with E-state index in [9.17, 15) is 39.5 Å². The molecule has 3 aliphatic rings. The van der Waals surface area contributed by atoms with E-state index in [-0.39, 0.29) is 21.1 Å². The van der Waals surface area contributed by atoms with E-state index in [1.807, 2.05) is 0 Å². The number of hydrogen-bond acceptors (Lipinski definition) is 2. The molecule has 2 fully saturated rings. The fourth-order valence-electron chi connectivity index (χ4n) is 6.53. The van der Waals surface area contributed by atoms with Gasteiger partial charge in [0.05, 0.1) is 6.61 Å². The van der Waals surface area contributed by atoms with Gasteiger partial charge >= 0.3 is 45.2 Å². The van der Waals surface area contributed by atoms with Crippen LogP contribution in [0.15, 0.2) is 18.2 Å². The zero-order valence-corrected chi connectivity index (χ0v) is 25.1. The zero-order chi connectivity index (χ0) is 30.0. The maximum Gasteiger partial charge on any atom is 2.00 e. The van der Waals surface area contributed by atoms with Crippen LogP contribution in [0.1, 0.15) is 77.2 Å². The van der Waals surface area contributed by atoms with Crippen molar-refractivity contribution in [2.75, 3.05) is 13.2 Å². The second kappa shape index (κ2) is 13.1. The Bertz CT molecular complexity index is 947. The van der Waals surface area contributed by atoms with E-state index in [1.165, 1.54) is 44.1 Å². The molecular weight excluding hydrogens is 723 g/mol. The van der Waals surface area contributed by atoms with Crippen molar-refractivity contribution in [1.29, 1.82) is 0 Å². The van der Waals surface area contributed by atoms with Crippen molar-refractivity contribution >= 4 is 0 Å². The SMILES string of the molecule is [2H]CCCOc1ccc2c(c1)CCC1C2CCC2(C)[CH-]CCC12.[CH2-]CCOC(C(F)(F)F)(C(F)(F)F)C(F)(F)F.[W+2]. The molecule has 0 radical (unpaired) electrons. The van der Waals surface area contributed by atoms with Gasteiger partial charge in [-0.3, -0.25) is 0 Å². The van der Waals surface area contributed by atoms with E-state index < -0.39 is 37.2 Å². The van der Waals surface area contributed by atoms with E-state index in [0.717, 1.165) is 29.9 Å². The zero-order valence-electron chi connectivity index (χ0n) is 23.2. The first-order valence-electron chi connectivity index (χ1n) is 13.8. The summed E-state index contributed by atoms with van der Waals surface area (Å²) in [6.07, 6.45) is -9.16. The van der Waals surface area contributed by atoms with Gasteiger partial charge in [0.2, 0.25) is 0 Å². The summed E-state index contributed by atoms with van der Waals surface area (Å²) < 4.78 is 125. The Morgan fingerprint density at radius 2 is 1.65 bits per heavy atom. The average Bonchev–Trinajstić information content (AvgIpc) is 3.24. The number of fused-ring (bicyclic) bond motifs is 5. The Hall–Kier alpha value is -0.962. The summed E-state index contributed by atoms with van der Waals surface area (Å²) in [5.41, 5.74) is -2.51. The number of ether oxygens (including phenoxy) is 2. The van der Waals surface area contributed by atoms with Crippen LogP contribution in [-0.4, -0.2) is 37.3 Å². The van der Waals surface area contributed by atoms with Crippen LogP contribution in [0.3, 0.4) is 0 Å². The van der Waals surface area contributed by atoms with Gasteiger partial charge in [-0.2, -0.15) is 57.8 Å². The van der Waals surface area contributed by atoms with E-state index in [2.05, 4.69) is 43.2 Å². The minimum Gasteiger partial charge on any atom is -0.494 e. The minimum atomic E-state index is -6.67. The van der Waals surface area contributed by atoms with Gasteiger partial charge in [-0.05, 0) is 60.8 Å². The van der Waals surface area contributed by atoms with Gasteiger partial charge in [-0.1, -0.05) is 38.6 Å². The summed E-state index contributed by atoms with van der Waals surface area (Å²) in [7, 11) is 0. The molecule has 0 bridgehead atoms. The van der Waals surface area contributed by atoms with E-state index in [4.69, 9.17) is 6.11 Å². The van der Waals surface area contributed by atoms with E-state index >= 15 is 0 Å². The fourth-order valence-corrected chi connectivity index (χ4v) is 6.53. The summed E-state index contributed by atoms with van der Waals surface area (Å²) in [5.74, 6) is 3.61. The van der Waals surface area contributed by atoms with Gasteiger partial charge in [0, 0.05) is 7.98 Å². The number of hydrogen-bond donors (Lipinski definition) is 0. The first-order valence-corrected chi connectivity index (χ1v) is 13.0. The molecule has 0 aromatic heterocycles. The summed E-state index contributed by atoms with van der Waals surface area (Å²) in [5, 5.41) is 0. The van der Waals surface area contributed by atoms with Gasteiger partial charge in [0.1, 0.15) is 5.75 Å². The topological polar surface area (TPSA) is 18.5 Å². The summed E-state index contributed by atoms with van der Waals surface area (Å²) >= 11 is 0. The van der Waals surface area contributed by atoms with Crippen LogP contribution in [0.4, 0.5) is 39.5 Å². The molecule has 2 saturated carbocycles. The molecule has 40 heavy (non-hydrogen) atoms. The third kappa shape index (κ3) is 6.81. The average molecular weight is 759 g/mol. The van der Waals surface area contributed by atoms with Crippen molar-refractivity contribution in [2.24, 2.45) is 17.3 Å². The molecule has 4 atom stereocenters. The molecule has 2 nitrogen and oxygen atoms in total. The molecule has 1 aromatic carbocycles. The van der Waals surface area contributed by atoms with Crippen LogP contribution >= 0.6 is 0 Å². The number of rotatable bonds is 6. The van der Waals surface area contributed by atoms with Gasteiger partial charge < -0.3 is 22.8 Å². The van der Waals surface area contributed by atoms with Crippen molar-refractivity contribution in [3.63, 3.8) is 0 Å². The second-order valence-corrected chi connectivity index (χ2v) is 10.7. The van der Waals surface area contributed by atoms with Crippen LogP contribution in [0.25, 0.3) is 0 Å². The van der Waals surface area contributed by atoms with Crippen molar-refractivity contribution in [3.8, 4) is 5.75 Å². The van der Waals surface area contributed by atoms with E-state index in [0.29, 0.717) is 18.9 Å². The van der Waals surface area contributed by atoms with Gasteiger partial charge in [0.15, 0.2) is 0 Å². The predicted molar refractivity (Wildman–Crippen MR) is 128 cm³/mol. The Labute approximate surface area is 245 Å². The van der Waals surface area contributed by atoms with Crippen molar-refractivity contribution < 1.29 is 71.4 Å². The molecule has 12 heteroatoms. The van der Waals surface area contributed by atoms with Gasteiger partial charge in [0.25, 0.3) is 0 Å². The van der Waals surface area contributed by atoms with E-state index in [1.54, 1.807) is 5.56 Å². The Morgan fingerprint density at radius 3 is 2.23 bits per heavy atom. The maximum absolute atomic E-state index is 12.1. The second-order valence-electron chi connectivity index (χ2n) is 10.7. The molecule has 4 unspecified atom stereocenters. The molecule has 0 saturated heterocycles. The summed E-state index contributed by atoms with van der Waals surface area (Å²) in [6, 6.07) is 6.80. The number of alkyl halides is 9. The predicted octanol–water partition coefficient (Wildman–Crippen LogP) is 9.19. The van der Waals surface area contributed by atoms with Crippen LogP contribution in [0.2, 0.25) is 0 Å². The van der Waals surface area contributed by atoms with Crippen molar-refractivity contribution in [2.45, 2.75) is 95.2 Å². The third-order valence-electron chi connectivity index (χ3n) is 8.30. The first kappa shape index (κ1) is 33.5. The van der Waals surface area contributed by atoms with Crippen LogP contribution < -0.4 is 4.74 Å². The van der Waals surface area contributed by atoms with Crippen molar-refractivity contribution in [1.82, 2.24) is 0 Å². The maximum atomic E-state index is 12.1. The smallest absolute Gasteiger partial charge is 0.494 e. The molecule has 0 N–H and O–H groups in total.